The van der Waals surface area contributed by atoms with E-state index in [-0.39, 0.29) is 5.84 Å². The fourth-order valence-corrected chi connectivity index (χ4v) is 3.10. The molecule has 6 heteroatoms. The molecule has 1 heterocycles. The topological polar surface area (TPSA) is 74.7 Å². The van der Waals surface area contributed by atoms with Crippen LogP contribution in [0.1, 0.15) is 5.56 Å². The van der Waals surface area contributed by atoms with Crippen molar-refractivity contribution in [3.8, 4) is 0 Å². The van der Waals surface area contributed by atoms with Gasteiger partial charge in [-0.3, -0.25) is 0 Å². The maximum absolute atomic E-state index is 8.93. The highest BCUT2D eigenvalue weighted by Gasteiger charge is 2.16. The number of nitrogens with zero attached hydrogens (tertiary/aromatic N) is 3. The molecule has 1 aromatic heterocycles. The van der Waals surface area contributed by atoms with Crippen molar-refractivity contribution in [3.63, 3.8) is 0 Å². The van der Waals surface area contributed by atoms with Crippen LogP contribution in [0.25, 0.3) is 10.9 Å². The number of para-hydroxylation sites is 1. The van der Waals surface area contributed by atoms with Crippen LogP contribution in [-0.2, 0) is 0 Å². The van der Waals surface area contributed by atoms with E-state index >= 15 is 0 Å². The van der Waals surface area contributed by atoms with Gasteiger partial charge >= 0.3 is 0 Å². The highest BCUT2D eigenvalue weighted by atomic mass is 32.1. The summed E-state index contributed by atoms with van der Waals surface area (Å²) in [7, 11) is 1.95. The van der Waals surface area contributed by atoms with Crippen molar-refractivity contribution < 1.29 is 5.21 Å². The van der Waals surface area contributed by atoms with Crippen molar-refractivity contribution in [1.29, 1.82) is 0 Å². The summed E-state index contributed by atoms with van der Waals surface area (Å²) < 4.78 is 4.45. The Kier molecular flexibility index (Phi) is 3.45. The Hall–Kier alpha value is -2.60. The normalized spacial score (nSPS) is 11.8. The number of aromatic nitrogens is 1. The van der Waals surface area contributed by atoms with Gasteiger partial charge in [-0.15, -0.1) is 0 Å². The molecule has 3 aromatic rings. The van der Waals surface area contributed by atoms with Gasteiger partial charge in [-0.1, -0.05) is 29.4 Å². The molecule has 0 saturated carbocycles. The lowest BCUT2D eigenvalue weighted by atomic mass is 10.1. The quantitative estimate of drug-likeness (QED) is 0.337. The van der Waals surface area contributed by atoms with E-state index in [0.29, 0.717) is 5.56 Å². The Morgan fingerprint density at radius 1 is 1.19 bits per heavy atom. The molecule has 0 aliphatic heterocycles. The number of anilines is 2. The van der Waals surface area contributed by atoms with E-state index in [2.05, 4.69) is 9.53 Å². The van der Waals surface area contributed by atoms with Crippen molar-refractivity contribution in [2.45, 2.75) is 0 Å². The first-order valence-corrected chi connectivity index (χ1v) is 7.15. The SMILES string of the molecule is CN(c1ccccc1/C(N)=N/O)c1snc2ccccc12. The molecule has 3 N–H and O–H groups in total. The maximum atomic E-state index is 8.93. The maximum Gasteiger partial charge on any atom is 0.172 e. The molecule has 0 spiro atoms. The summed E-state index contributed by atoms with van der Waals surface area (Å²) in [6.07, 6.45) is 0. The molecule has 21 heavy (non-hydrogen) atoms. The number of hydrogen-bond acceptors (Lipinski definition) is 5. The average molecular weight is 298 g/mol. The van der Waals surface area contributed by atoms with Crippen LogP contribution in [0.3, 0.4) is 0 Å². The minimum absolute atomic E-state index is 0.0891. The first kappa shape index (κ1) is 13.4. The molecule has 0 aliphatic rings. The third kappa shape index (κ3) is 2.30. The number of amidine groups is 1. The van der Waals surface area contributed by atoms with E-state index in [1.54, 1.807) is 0 Å². The van der Waals surface area contributed by atoms with Gasteiger partial charge in [-0.25, -0.2) is 0 Å². The highest BCUT2D eigenvalue weighted by molar-refractivity contribution is 7.12. The summed E-state index contributed by atoms with van der Waals surface area (Å²) in [5, 5.41) is 14.1. The molecule has 3 rings (SSSR count). The fraction of sp³-hybridized carbons (Fsp3) is 0.0667. The minimum Gasteiger partial charge on any atom is -0.409 e. The van der Waals surface area contributed by atoms with Crippen LogP contribution in [0.2, 0.25) is 0 Å². The van der Waals surface area contributed by atoms with Gasteiger partial charge in [-0.05, 0) is 35.8 Å². The van der Waals surface area contributed by atoms with Gasteiger partial charge in [0.1, 0.15) is 5.00 Å². The smallest absolute Gasteiger partial charge is 0.172 e. The summed E-state index contributed by atoms with van der Waals surface area (Å²) >= 11 is 1.43. The first-order valence-electron chi connectivity index (χ1n) is 6.37. The predicted octanol–water partition coefficient (Wildman–Crippen LogP) is 3.16. The number of rotatable bonds is 3. The highest BCUT2D eigenvalue weighted by Crippen LogP contribution is 2.35. The summed E-state index contributed by atoms with van der Waals surface area (Å²) in [4.78, 5) is 2.01. The zero-order valence-electron chi connectivity index (χ0n) is 11.4. The molecule has 0 radical (unpaired) electrons. The molecule has 0 saturated heterocycles. The van der Waals surface area contributed by atoms with E-state index < -0.39 is 0 Å². The van der Waals surface area contributed by atoms with E-state index in [0.717, 1.165) is 21.6 Å². The molecule has 0 aliphatic carbocycles. The van der Waals surface area contributed by atoms with Crippen LogP contribution in [0.15, 0.2) is 53.7 Å². The van der Waals surface area contributed by atoms with Gasteiger partial charge in [0.25, 0.3) is 0 Å². The summed E-state index contributed by atoms with van der Waals surface area (Å²) in [6.45, 7) is 0. The van der Waals surface area contributed by atoms with Crippen molar-refractivity contribution in [3.05, 3.63) is 54.1 Å². The van der Waals surface area contributed by atoms with Crippen LogP contribution in [0.5, 0.6) is 0 Å². The van der Waals surface area contributed by atoms with Crippen LogP contribution < -0.4 is 10.6 Å². The Morgan fingerprint density at radius 3 is 2.71 bits per heavy atom. The monoisotopic (exact) mass is 298 g/mol. The first-order chi connectivity index (χ1) is 10.2. The number of hydrogen-bond donors (Lipinski definition) is 2. The van der Waals surface area contributed by atoms with Crippen molar-refractivity contribution in [2.75, 3.05) is 11.9 Å². The Labute approximate surface area is 126 Å². The summed E-state index contributed by atoms with van der Waals surface area (Å²) in [5.41, 5.74) is 8.27. The van der Waals surface area contributed by atoms with E-state index in [1.807, 2.05) is 60.5 Å². The zero-order valence-corrected chi connectivity index (χ0v) is 12.2. The van der Waals surface area contributed by atoms with Crippen LogP contribution >= 0.6 is 11.5 Å². The molecular weight excluding hydrogens is 284 g/mol. The lowest BCUT2D eigenvalue weighted by Gasteiger charge is -2.20. The van der Waals surface area contributed by atoms with E-state index in [9.17, 15) is 0 Å². The predicted molar refractivity (Wildman–Crippen MR) is 86.6 cm³/mol. The van der Waals surface area contributed by atoms with Gasteiger partial charge in [0.05, 0.1) is 11.2 Å². The third-order valence-corrected chi connectivity index (χ3v) is 4.27. The van der Waals surface area contributed by atoms with Crippen LogP contribution in [-0.4, -0.2) is 22.5 Å². The Balaban J connectivity index is 2.13. The standard InChI is InChI=1S/C15H14N4OS/c1-19(13-9-5-3-7-11(13)14(16)17-20)15-10-6-2-4-8-12(10)18-21-15/h2-9,20H,1H3,(H2,16,17). The van der Waals surface area contributed by atoms with Crippen molar-refractivity contribution >= 4 is 39.0 Å². The third-order valence-electron chi connectivity index (χ3n) is 3.32. The second-order valence-electron chi connectivity index (χ2n) is 4.57. The second-order valence-corrected chi connectivity index (χ2v) is 5.32. The van der Waals surface area contributed by atoms with Gasteiger partial charge in [0, 0.05) is 18.0 Å². The number of benzene rings is 2. The minimum atomic E-state index is 0.0891. The van der Waals surface area contributed by atoms with Crippen molar-refractivity contribution in [1.82, 2.24) is 4.37 Å². The number of nitrogens with two attached hydrogens (primary N) is 1. The van der Waals surface area contributed by atoms with Gasteiger partial charge < -0.3 is 15.8 Å². The zero-order chi connectivity index (χ0) is 14.8. The molecule has 0 atom stereocenters. The van der Waals surface area contributed by atoms with Crippen LogP contribution in [0.4, 0.5) is 10.7 Å². The molecule has 0 amide bonds. The largest absolute Gasteiger partial charge is 0.409 e. The lowest BCUT2D eigenvalue weighted by molar-refractivity contribution is 0.318. The van der Waals surface area contributed by atoms with E-state index in [1.165, 1.54) is 11.5 Å². The van der Waals surface area contributed by atoms with Gasteiger partial charge in [0.2, 0.25) is 0 Å². The number of oxime groups is 1. The van der Waals surface area contributed by atoms with E-state index in [4.69, 9.17) is 10.9 Å². The molecule has 0 fully saturated rings. The second kappa shape index (κ2) is 5.41. The summed E-state index contributed by atoms with van der Waals surface area (Å²) in [5.74, 6) is 0.0891. The van der Waals surface area contributed by atoms with Crippen molar-refractivity contribution in [2.24, 2.45) is 10.9 Å². The van der Waals surface area contributed by atoms with Crippen LogP contribution in [0, 0.1) is 0 Å². The fourth-order valence-electron chi connectivity index (χ4n) is 2.26. The molecular formula is C15H14N4OS. The average Bonchev–Trinajstić information content (AvgIpc) is 2.97. The Morgan fingerprint density at radius 2 is 1.90 bits per heavy atom. The molecule has 2 aromatic carbocycles. The molecule has 5 nitrogen and oxygen atoms in total. The Bertz CT molecular complexity index is 812. The van der Waals surface area contributed by atoms with Gasteiger partial charge in [-0.2, -0.15) is 4.37 Å². The lowest BCUT2D eigenvalue weighted by Crippen LogP contribution is -2.19. The molecule has 0 unspecified atom stereocenters. The number of fused-ring (bicyclic) bond motifs is 1. The molecule has 106 valence electrons. The summed E-state index contributed by atoms with van der Waals surface area (Å²) in [6, 6.07) is 15.5. The van der Waals surface area contributed by atoms with Gasteiger partial charge in [0.15, 0.2) is 5.84 Å². The molecule has 0 bridgehead atoms.